The fraction of sp³-hybridized carbons (Fsp3) is 0.412. The maximum atomic E-state index is 12.4. The van der Waals surface area contributed by atoms with Gasteiger partial charge in [0.15, 0.2) is 17.6 Å². The molecule has 1 aromatic carbocycles. The van der Waals surface area contributed by atoms with Crippen molar-refractivity contribution >= 4 is 17.4 Å². The van der Waals surface area contributed by atoms with Gasteiger partial charge in [-0.15, -0.1) is 11.3 Å². The van der Waals surface area contributed by atoms with Gasteiger partial charge in [-0.05, 0) is 26.0 Å². The molecular weight excluding hydrogens is 326 g/mol. The molecule has 0 fully saturated rings. The van der Waals surface area contributed by atoms with Crippen LogP contribution in [-0.2, 0) is 6.54 Å². The first-order valence-electron chi connectivity index (χ1n) is 7.98. The summed E-state index contributed by atoms with van der Waals surface area (Å²) in [6.45, 7) is 5.85. The maximum Gasteiger partial charge on any atom is 0.317 e. The van der Waals surface area contributed by atoms with Crippen LogP contribution in [0.2, 0.25) is 0 Å². The van der Waals surface area contributed by atoms with Gasteiger partial charge >= 0.3 is 6.03 Å². The van der Waals surface area contributed by atoms with Gasteiger partial charge in [-0.2, -0.15) is 0 Å². The highest BCUT2D eigenvalue weighted by atomic mass is 32.1. The van der Waals surface area contributed by atoms with Crippen molar-refractivity contribution in [1.29, 1.82) is 0 Å². The second-order valence-electron chi connectivity index (χ2n) is 5.55. The fourth-order valence-electron chi connectivity index (χ4n) is 2.52. The lowest BCUT2D eigenvalue weighted by Gasteiger charge is -2.30. The van der Waals surface area contributed by atoms with Crippen molar-refractivity contribution in [3.63, 3.8) is 0 Å². The van der Waals surface area contributed by atoms with E-state index in [2.05, 4.69) is 10.3 Å². The molecular formula is C17H21N3O3S. The van der Waals surface area contributed by atoms with Crippen LogP contribution in [0.4, 0.5) is 4.79 Å². The second kappa shape index (κ2) is 7.53. The van der Waals surface area contributed by atoms with Crippen LogP contribution in [0.5, 0.6) is 11.5 Å². The third kappa shape index (κ3) is 3.97. The van der Waals surface area contributed by atoms with Crippen molar-refractivity contribution in [3.8, 4) is 11.5 Å². The first kappa shape index (κ1) is 16.6. The molecule has 0 saturated heterocycles. The second-order valence-corrected chi connectivity index (χ2v) is 6.62. The number of nitrogens with zero attached hydrogens (tertiary/aromatic N) is 2. The molecule has 2 heterocycles. The van der Waals surface area contributed by atoms with E-state index in [-0.39, 0.29) is 12.1 Å². The number of likely N-dealkylation sites (N-methyl/N-ethyl adjacent to an activating group) is 1. The van der Waals surface area contributed by atoms with E-state index in [9.17, 15) is 4.79 Å². The van der Waals surface area contributed by atoms with Crippen molar-refractivity contribution < 1.29 is 14.3 Å². The number of para-hydroxylation sites is 2. The smallest absolute Gasteiger partial charge is 0.317 e. The minimum Gasteiger partial charge on any atom is -0.486 e. The molecule has 128 valence electrons. The van der Waals surface area contributed by atoms with Crippen molar-refractivity contribution in [2.24, 2.45) is 0 Å². The SMILES string of the molecule is CCN(C[C@H]1COc2ccccc2O1)C(=O)NCc1csc(C)n1. The topological polar surface area (TPSA) is 63.7 Å². The van der Waals surface area contributed by atoms with Gasteiger partial charge in [0.1, 0.15) is 6.61 Å². The quantitative estimate of drug-likeness (QED) is 0.903. The number of urea groups is 1. The van der Waals surface area contributed by atoms with Crippen LogP contribution in [0.1, 0.15) is 17.6 Å². The number of thiazole rings is 1. The lowest BCUT2D eigenvalue weighted by atomic mass is 10.2. The molecule has 0 aliphatic carbocycles. The van der Waals surface area contributed by atoms with Crippen LogP contribution < -0.4 is 14.8 Å². The monoisotopic (exact) mass is 347 g/mol. The Balaban J connectivity index is 1.53. The Labute approximate surface area is 145 Å². The van der Waals surface area contributed by atoms with Crippen molar-refractivity contribution in [2.45, 2.75) is 26.5 Å². The van der Waals surface area contributed by atoms with E-state index >= 15 is 0 Å². The summed E-state index contributed by atoms with van der Waals surface area (Å²) in [7, 11) is 0. The fourth-order valence-corrected chi connectivity index (χ4v) is 3.13. The number of carbonyl (C=O) groups excluding carboxylic acids is 1. The average molecular weight is 347 g/mol. The maximum absolute atomic E-state index is 12.4. The Hall–Kier alpha value is -2.28. The van der Waals surface area contributed by atoms with Gasteiger partial charge in [0.25, 0.3) is 0 Å². The lowest BCUT2D eigenvalue weighted by molar-refractivity contribution is 0.0675. The zero-order valence-electron chi connectivity index (χ0n) is 13.8. The van der Waals surface area contributed by atoms with Crippen molar-refractivity contribution in [3.05, 3.63) is 40.3 Å². The Morgan fingerprint density at radius 2 is 2.21 bits per heavy atom. The molecule has 0 bridgehead atoms. The average Bonchev–Trinajstić information content (AvgIpc) is 3.02. The van der Waals surface area contributed by atoms with Gasteiger partial charge in [-0.3, -0.25) is 0 Å². The number of rotatable bonds is 5. The van der Waals surface area contributed by atoms with E-state index in [1.54, 1.807) is 16.2 Å². The lowest BCUT2D eigenvalue weighted by Crippen LogP contribution is -2.47. The zero-order chi connectivity index (χ0) is 16.9. The van der Waals surface area contributed by atoms with Crippen LogP contribution in [0.3, 0.4) is 0 Å². The summed E-state index contributed by atoms with van der Waals surface area (Å²) in [6, 6.07) is 7.46. The van der Waals surface area contributed by atoms with Crippen LogP contribution in [-0.4, -0.2) is 41.7 Å². The molecule has 6 nitrogen and oxygen atoms in total. The van der Waals surface area contributed by atoms with E-state index in [0.29, 0.717) is 26.2 Å². The van der Waals surface area contributed by atoms with E-state index in [4.69, 9.17) is 9.47 Å². The molecule has 1 atom stereocenters. The van der Waals surface area contributed by atoms with Crippen LogP contribution >= 0.6 is 11.3 Å². The summed E-state index contributed by atoms with van der Waals surface area (Å²) >= 11 is 1.58. The summed E-state index contributed by atoms with van der Waals surface area (Å²) in [5.74, 6) is 1.48. The van der Waals surface area contributed by atoms with Crippen LogP contribution in [0.25, 0.3) is 0 Å². The number of nitrogens with one attached hydrogen (secondary N) is 1. The van der Waals surface area contributed by atoms with Gasteiger partial charge < -0.3 is 19.7 Å². The standard InChI is InChI=1S/C17H21N3O3S/c1-3-20(17(21)18-8-13-11-24-12(2)19-13)9-14-10-22-15-6-4-5-7-16(15)23-14/h4-7,11,14H,3,8-10H2,1-2H3,(H,18,21)/t14-/m0/s1. The molecule has 3 rings (SSSR count). The minimum absolute atomic E-state index is 0.120. The molecule has 24 heavy (non-hydrogen) atoms. The van der Waals surface area contributed by atoms with Crippen LogP contribution in [0, 0.1) is 6.92 Å². The summed E-state index contributed by atoms with van der Waals surface area (Å²) in [4.78, 5) is 18.4. The first-order valence-corrected chi connectivity index (χ1v) is 8.86. The molecule has 2 amide bonds. The molecule has 0 saturated carbocycles. The van der Waals surface area contributed by atoms with Gasteiger partial charge in [-0.25, -0.2) is 9.78 Å². The number of hydrogen-bond acceptors (Lipinski definition) is 5. The molecule has 0 unspecified atom stereocenters. The Kier molecular flexibility index (Phi) is 5.20. The number of aryl methyl sites for hydroxylation is 1. The van der Waals surface area contributed by atoms with Gasteiger partial charge in [0, 0.05) is 11.9 Å². The number of carbonyl (C=O) groups is 1. The number of fused-ring (bicyclic) bond motifs is 1. The van der Waals surface area contributed by atoms with E-state index in [1.807, 2.05) is 43.5 Å². The van der Waals surface area contributed by atoms with E-state index < -0.39 is 0 Å². The highest BCUT2D eigenvalue weighted by Gasteiger charge is 2.24. The van der Waals surface area contributed by atoms with Crippen molar-refractivity contribution in [2.75, 3.05) is 19.7 Å². The molecule has 1 N–H and O–H groups in total. The Morgan fingerprint density at radius 3 is 2.92 bits per heavy atom. The van der Waals surface area contributed by atoms with Crippen LogP contribution in [0.15, 0.2) is 29.6 Å². The molecule has 0 radical (unpaired) electrons. The summed E-state index contributed by atoms with van der Waals surface area (Å²) in [5, 5.41) is 5.86. The normalized spacial score (nSPS) is 15.8. The highest BCUT2D eigenvalue weighted by Crippen LogP contribution is 2.30. The Bertz CT molecular complexity index is 704. The molecule has 1 aromatic heterocycles. The van der Waals surface area contributed by atoms with Gasteiger partial charge in [0.2, 0.25) is 0 Å². The number of benzene rings is 1. The predicted molar refractivity (Wildman–Crippen MR) is 92.7 cm³/mol. The Morgan fingerprint density at radius 1 is 1.42 bits per heavy atom. The number of ether oxygens (including phenoxy) is 2. The number of hydrogen-bond donors (Lipinski definition) is 1. The third-order valence-electron chi connectivity index (χ3n) is 3.75. The van der Waals surface area contributed by atoms with E-state index in [1.165, 1.54) is 0 Å². The zero-order valence-corrected chi connectivity index (χ0v) is 14.6. The van der Waals surface area contributed by atoms with Gasteiger partial charge in [0.05, 0.1) is 23.8 Å². The van der Waals surface area contributed by atoms with E-state index in [0.717, 1.165) is 22.2 Å². The number of amides is 2. The summed E-state index contributed by atoms with van der Waals surface area (Å²) < 4.78 is 11.6. The highest BCUT2D eigenvalue weighted by molar-refractivity contribution is 7.09. The molecule has 0 spiro atoms. The van der Waals surface area contributed by atoms with Crippen molar-refractivity contribution in [1.82, 2.24) is 15.2 Å². The minimum atomic E-state index is -0.174. The third-order valence-corrected chi connectivity index (χ3v) is 4.57. The van der Waals surface area contributed by atoms with Gasteiger partial charge in [-0.1, -0.05) is 12.1 Å². The predicted octanol–water partition coefficient (Wildman–Crippen LogP) is 2.82. The molecule has 7 heteroatoms. The number of aromatic nitrogens is 1. The first-order chi connectivity index (χ1) is 11.7. The summed E-state index contributed by atoms with van der Waals surface area (Å²) in [5.41, 5.74) is 0.882. The molecule has 2 aromatic rings. The molecule has 1 aliphatic heterocycles. The molecule has 1 aliphatic rings. The summed E-state index contributed by atoms with van der Waals surface area (Å²) in [6.07, 6.45) is -0.174. The largest absolute Gasteiger partial charge is 0.486 e.